The first-order chi connectivity index (χ1) is 7.04. The molecule has 3 nitrogen and oxygen atoms in total. The normalized spacial score (nSPS) is 12.2. The summed E-state index contributed by atoms with van der Waals surface area (Å²) < 4.78 is 0. The van der Waals surface area contributed by atoms with Gasteiger partial charge in [-0.1, -0.05) is 6.92 Å². The molecule has 0 aliphatic carbocycles. The summed E-state index contributed by atoms with van der Waals surface area (Å²) in [6.07, 6.45) is 0.930. The third kappa shape index (κ3) is 2.98. The summed E-state index contributed by atoms with van der Waals surface area (Å²) in [6.45, 7) is 5.93. The molecule has 1 amide bonds. The third-order valence-electron chi connectivity index (χ3n) is 2.52. The molecule has 3 heteroatoms. The molecular formula is C12H18N2O. The summed E-state index contributed by atoms with van der Waals surface area (Å²) >= 11 is 0. The van der Waals surface area contributed by atoms with Crippen LogP contribution in [0.15, 0.2) is 18.2 Å². The highest BCUT2D eigenvalue weighted by Crippen LogP contribution is 2.12. The number of anilines is 1. The largest absolute Gasteiger partial charge is 0.399 e. The fourth-order valence-corrected chi connectivity index (χ4v) is 1.23. The fraction of sp³-hybridized carbons (Fsp3) is 0.417. The average molecular weight is 206 g/mol. The van der Waals surface area contributed by atoms with E-state index in [1.54, 1.807) is 12.1 Å². The first-order valence-electron chi connectivity index (χ1n) is 5.21. The average Bonchev–Trinajstić information content (AvgIpc) is 2.21. The number of aryl methyl sites for hydroxylation is 1. The number of nitrogens with two attached hydrogens (primary N) is 1. The van der Waals surface area contributed by atoms with Crippen LogP contribution in [0.5, 0.6) is 0 Å². The fourth-order valence-electron chi connectivity index (χ4n) is 1.23. The van der Waals surface area contributed by atoms with Crippen molar-refractivity contribution in [1.29, 1.82) is 0 Å². The van der Waals surface area contributed by atoms with Crippen molar-refractivity contribution in [2.24, 2.45) is 0 Å². The van der Waals surface area contributed by atoms with Crippen LogP contribution >= 0.6 is 0 Å². The predicted molar refractivity (Wildman–Crippen MR) is 62.8 cm³/mol. The summed E-state index contributed by atoms with van der Waals surface area (Å²) in [5.74, 6) is -0.0348. The van der Waals surface area contributed by atoms with E-state index in [0.29, 0.717) is 5.56 Å². The van der Waals surface area contributed by atoms with Gasteiger partial charge in [-0.3, -0.25) is 4.79 Å². The quantitative estimate of drug-likeness (QED) is 0.744. The van der Waals surface area contributed by atoms with Crippen molar-refractivity contribution in [2.75, 3.05) is 5.73 Å². The zero-order chi connectivity index (χ0) is 11.4. The Morgan fingerprint density at radius 1 is 1.53 bits per heavy atom. The van der Waals surface area contributed by atoms with E-state index in [9.17, 15) is 4.79 Å². The van der Waals surface area contributed by atoms with E-state index in [1.807, 2.05) is 26.8 Å². The third-order valence-corrected chi connectivity index (χ3v) is 2.52. The van der Waals surface area contributed by atoms with Crippen LogP contribution in [-0.2, 0) is 0 Å². The molecule has 1 aromatic rings. The number of nitrogens with one attached hydrogen (secondary N) is 1. The van der Waals surface area contributed by atoms with Crippen molar-refractivity contribution in [1.82, 2.24) is 5.32 Å². The maximum atomic E-state index is 11.7. The molecule has 3 N–H and O–H groups in total. The Labute approximate surface area is 90.7 Å². The van der Waals surface area contributed by atoms with Crippen molar-refractivity contribution < 1.29 is 4.79 Å². The number of nitrogen functional groups attached to an aromatic ring is 1. The molecule has 0 aromatic heterocycles. The van der Waals surface area contributed by atoms with Crippen LogP contribution in [0.25, 0.3) is 0 Å². The van der Waals surface area contributed by atoms with E-state index in [-0.39, 0.29) is 11.9 Å². The summed E-state index contributed by atoms with van der Waals surface area (Å²) in [4.78, 5) is 11.7. The van der Waals surface area contributed by atoms with E-state index in [4.69, 9.17) is 5.73 Å². The Hall–Kier alpha value is -1.51. The molecule has 0 aliphatic heterocycles. The minimum atomic E-state index is -0.0348. The van der Waals surface area contributed by atoms with E-state index in [0.717, 1.165) is 17.7 Å². The Bertz CT molecular complexity index is 361. The lowest BCUT2D eigenvalue weighted by Gasteiger charge is -2.12. The highest BCUT2D eigenvalue weighted by atomic mass is 16.1. The molecular weight excluding hydrogens is 188 g/mol. The zero-order valence-corrected chi connectivity index (χ0v) is 9.50. The topological polar surface area (TPSA) is 55.1 Å². The van der Waals surface area contributed by atoms with Gasteiger partial charge in [0.1, 0.15) is 0 Å². The minimum absolute atomic E-state index is 0.0348. The van der Waals surface area contributed by atoms with Gasteiger partial charge in [-0.25, -0.2) is 0 Å². The number of hydrogen-bond acceptors (Lipinski definition) is 2. The van der Waals surface area contributed by atoms with Crippen LogP contribution in [0.2, 0.25) is 0 Å². The molecule has 0 saturated heterocycles. The van der Waals surface area contributed by atoms with Gasteiger partial charge in [-0.2, -0.15) is 0 Å². The van der Waals surface area contributed by atoms with Crippen molar-refractivity contribution in [2.45, 2.75) is 33.2 Å². The van der Waals surface area contributed by atoms with Crippen LogP contribution in [0.4, 0.5) is 5.69 Å². The lowest BCUT2D eigenvalue weighted by Crippen LogP contribution is -2.31. The summed E-state index contributed by atoms with van der Waals surface area (Å²) in [6, 6.07) is 5.53. The molecule has 0 spiro atoms. The summed E-state index contributed by atoms with van der Waals surface area (Å²) in [7, 11) is 0. The second kappa shape index (κ2) is 4.82. The van der Waals surface area contributed by atoms with Gasteiger partial charge in [0.15, 0.2) is 0 Å². The molecule has 0 fully saturated rings. The van der Waals surface area contributed by atoms with Crippen LogP contribution in [0, 0.1) is 6.92 Å². The highest BCUT2D eigenvalue weighted by Gasteiger charge is 2.08. The second-order valence-corrected chi connectivity index (χ2v) is 3.85. The van der Waals surface area contributed by atoms with E-state index < -0.39 is 0 Å². The van der Waals surface area contributed by atoms with Gasteiger partial charge in [0.25, 0.3) is 5.91 Å². The molecule has 1 aromatic carbocycles. The highest BCUT2D eigenvalue weighted by molar-refractivity contribution is 5.95. The number of benzene rings is 1. The Morgan fingerprint density at radius 2 is 2.20 bits per heavy atom. The predicted octanol–water partition coefficient (Wildman–Crippen LogP) is 2.11. The van der Waals surface area contributed by atoms with Gasteiger partial charge in [0.2, 0.25) is 0 Å². The van der Waals surface area contributed by atoms with Crippen LogP contribution in [-0.4, -0.2) is 11.9 Å². The lowest BCUT2D eigenvalue weighted by atomic mass is 10.1. The molecule has 1 rings (SSSR count). The molecule has 82 valence electrons. The Morgan fingerprint density at radius 3 is 2.73 bits per heavy atom. The lowest BCUT2D eigenvalue weighted by molar-refractivity contribution is 0.0939. The molecule has 0 radical (unpaired) electrons. The van der Waals surface area contributed by atoms with E-state index in [1.165, 1.54) is 0 Å². The Kier molecular flexibility index (Phi) is 3.72. The summed E-state index contributed by atoms with van der Waals surface area (Å²) in [5.41, 5.74) is 8.01. The number of carbonyl (C=O) groups excluding carboxylic acids is 1. The number of hydrogen-bond donors (Lipinski definition) is 2. The van der Waals surface area contributed by atoms with Gasteiger partial charge in [-0.05, 0) is 44.0 Å². The SMILES string of the molecule is CCC(C)NC(=O)c1ccc(N)c(C)c1. The van der Waals surface area contributed by atoms with Gasteiger partial charge in [0, 0.05) is 17.3 Å². The summed E-state index contributed by atoms with van der Waals surface area (Å²) in [5, 5.41) is 2.91. The van der Waals surface area contributed by atoms with Crippen LogP contribution in [0.3, 0.4) is 0 Å². The monoisotopic (exact) mass is 206 g/mol. The number of carbonyl (C=O) groups is 1. The number of amides is 1. The molecule has 15 heavy (non-hydrogen) atoms. The molecule has 0 heterocycles. The minimum Gasteiger partial charge on any atom is -0.399 e. The van der Waals surface area contributed by atoms with E-state index in [2.05, 4.69) is 5.32 Å². The van der Waals surface area contributed by atoms with E-state index >= 15 is 0 Å². The molecule has 0 bridgehead atoms. The maximum Gasteiger partial charge on any atom is 0.251 e. The van der Waals surface area contributed by atoms with Crippen LogP contribution < -0.4 is 11.1 Å². The van der Waals surface area contributed by atoms with Crippen molar-refractivity contribution in [3.05, 3.63) is 29.3 Å². The standard InChI is InChI=1S/C12H18N2O/c1-4-9(3)14-12(15)10-5-6-11(13)8(2)7-10/h5-7,9H,4,13H2,1-3H3,(H,14,15). The Balaban J connectivity index is 2.78. The molecule has 0 saturated carbocycles. The van der Waals surface area contributed by atoms with Gasteiger partial charge >= 0.3 is 0 Å². The second-order valence-electron chi connectivity index (χ2n) is 3.85. The maximum absolute atomic E-state index is 11.7. The van der Waals surface area contributed by atoms with Gasteiger partial charge < -0.3 is 11.1 Å². The number of rotatable bonds is 3. The van der Waals surface area contributed by atoms with Crippen molar-refractivity contribution >= 4 is 11.6 Å². The molecule has 1 unspecified atom stereocenters. The van der Waals surface area contributed by atoms with Crippen molar-refractivity contribution in [3.63, 3.8) is 0 Å². The molecule has 0 aliphatic rings. The zero-order valence-electron chi connectivity index (χ0n) is 9.50. The first-order valence-corrected chi connectivity index (χ1v) is 5.21. The van der Waals surface area contributed by atoms with Gasteiger partial charge in [0.05, 0.1) is 0 Å². The smallest absolute Gasteiger partial charge is 0.251 e. The molecule has 1 atom stereocenters. The van der Waals surface area contributed by atoms with Gasteiger partial charge in [-0.15, -0.1) is 0 Å². The van der Waals surface area contributed by atoms with Crippen LogP contribution in [0.1, 0.15) is 36.2 Å². The first kappa shape index (κ1) is 11.6. The van der Waals surface area contributed by atoms with Crippen molar-refractivity contribution in [3.8, 4) is 0 Å².